The van der Waals surface area contributed by atoms with Crippen molar-refractivity contribution in [3.63, 3.8) is 0 Å². The smallest absolute Gasteiger partial charge is 0.164 e. The topological polar surface area (TPSA) is 38.9 Å². The van der Waals surface area contributed by atoms with Gasteiger partial charge in [-0.3, -0.25) is 4.98 Å². The molecule has 0 spiro atoms. The summed E-state index contributed by atoms with van der Waals surface area (Å²) in [5.41, 5.74) is 7.77. The molecular weight excluding hydrogens is 234 g/mol. The molecular formula is C14H14F2N2. The van der Waals surface area contributed by atoms with E-state index in [1.54, 1.807) is 12.3 Å². The van der Waals surface area contributed by atoms with E-state index < -0.39 is 17.7 Å². The summed E-state index contributed by atoms with van der Waals surface area (Å²) in [6.07, 6.45) is 1.59. The van der Waals surface area contributed by atoms with Gasteiger partial charge in [-0.2, -0.15) is 0 Å². The van der Waals surface area contributed by atoms with Crippen molar-refractivity contribution in [2.24, 2.45) is 5.73 Å². The molecule has 2 rings (SSSR count). The van der Waals surface area contributed by atoms with Gasteiger partial charge in [-0.05, 0) is 31.0 Å². The number of hydrogen-bond donors (Lipinski definition) is 1. The zero-order valence-electron chi connectivity index (χ0n) is 10.2. The number of halogens is 2. The summed E-state index contributed by atoms with van der Waals surface area (Å²) in [7, 11) is 0. The second-order valence-corrected chi connectivity index (χ2v) is 4.28. The van der Waals surface area contributed by atoms with Crippen molar-refractivity contribution in [2.45, 2.75) is 19.9 Å². The van der Waals surface area contributed by atoms with Gasteiger partial charge in [-0.25, -0.2) is 8.78 Å². The zero-order chi connectivity index (χ0) is 13.3. The van der Waals surface area contributed by atoms with Crippen LogP contribution in [-0.2, 0) is 0 Å². The molecule has 1 unspecified atom stereocenters. The Kier molecular flexibility index (Phi) is 3.39. The highest BCUT2D eigenvalue weighted by molar-refractivity contribution is 5.35. The SMILES string of the molecule is Cc1cccnc1C(N)c1ccc(C)c(F)c1F. The van der Waals surface area contributed by atoms with Crippen LogP contribution in [0.4, 0.5) is 8.78 Å². The van der Waals surface area contributed by atoms with E-state index in [1.165, 1.54) is 19.1 Å². The van der Waals surface area contributed by atoms with E-state index in [9.17, 15) is 8.78 Å². The van der Waals surface area contributed by atoms with E-state index >= 15 is 0 Å². The first kappa shape index (κ1) is 12.6. The number of aryl methyl sites for hydroxylation is 2. The summed E-state index contributed by atoms with van der Waals surface area (Å²) < 4.78 is 27.4. The van der Waals surface area contributed by atoms with E-state index in [2.05, 4.69) is 4.98 Å². The van der Waals surface area contributed by atoms with Crippen LogP contribution in [0.3, 0.4) is 0 Å². The summed E-state index contributed by atoms with van der Waals surface area (Å²) in [6.45, 7) is 3.35. The first-order chi connectivity index (χ1) is 8.52. The minimum absolute atomic E-state index is 0.125. The molecule has 1 aromatic heterocycles. The average molecular weight is 248 g/mol. The van der Waals surface area contributed by atoms with Gasteiger partial charge in [-0.1, -0.05) is 18.2 Å². The number of aromatic nitrogens is 1. The van der Waals surface area contributed by atoms with Crippen molar-refractivity contribution in [1.29, 1.82) is 0 Å². The fourth-order valence-electron chi connectivity index (χ4n) is 1.87. The van der Waals surface area contributed by atoms with Crippen molar-refractivity contribution >= 4 is 0 Å². The first-order valence-electron chi connectivity index (χ1n) is 5.64. The second kappa shape index (κ2) is 4.82. The van der Waals surface area contributed by atoms with Crippen LogP contribution in [0.2, 0.25) is 0 Å². The van der Waals surface area contributed by atoms with Crippen LogP contribution in [0, 0.1) is 25.5 Å². The summed E-state index contributed by atoms with van der Waals surface area (Å²) in [5.74, 6) is -1.75. The molecule has 4 heteroatoms. The molecule has 0 aliphatic rings. The van der Waals surface area contributed by atoms with E-state index in [-0.39, 0.29) is 11.1 Å². The molecule has 1 atom stereocenters. The van der Waals surface area contributed by atoms with Crippen LogP contribution in [0.5, 0.6) is 0 Å². The number of nitrogens with zero attached hydrogens (tertiary/aromatic N) is 1. The summed E-state index contributed by atoms with van der Waals surface area (Å²) in [4.78, 5) is 4.13. The number of pyridine rings is 1. The zero-order valence-corrected chi connectivity index (χ0v) is 10.2. The summed E-state index contributed by atoms with van der Waals surface area (Å²) in [5, 5.41) is 0. The van der Waals surface area contributed by atoms with Gasteiger partial charge in [0.2, 0.25) is 0 Å². The van der Waals surface area contributed by atoms with Crippen molar-refractivity contribution in [1.82, 2.24) is 4.98 Å². The highest BCUT2D eigenvalue weighted by atomic mass is 19.2. The molecule has 0 aliphatic heterocycles. The number of nitrogens with two attached hydrogens (primary N) is 1. The van der Waals surface area contributed by atoms with Crippen LogP contribution < -0.4 is 5.73 Å². The molecule has 0 aliphatic carbocycles. The van der Waals surface area contributed by atoms with Crippen molar-refractivity contribution in [2.75, 3.05) is 0 Å². The Morgan fingerprint density at radius 3 is 2.44 bits per heavy atom. The lowest BCUT2D eigenvalue weighted by molar-refractivity contribution is 0.488. The van der Waals surface area contributed by atoms with Crippen molar-refractivity contribution < 1.29 is 8.78 Å². The van der Waals surface area contributed by atoms with Crippen LogP contribution in [0.15, 0.2) is 30.5 Å². The Bertz CT molecular complexity index is 582. The molecule has 0 saturated carbocycles. The standard InChI is InChI=1S/C14H14F2N2/c1-8-5-6-10(12(16)11(8)15)13(17)14-9(2)4-3-7-18-14/h3-7,13H,17H2,1-2H3. The summed E-state index contributed by atoms with van der Waals surface area (Å²) in [6, 6.07) is 5.88. The Labute approximate surface area is 104 Å². The van der Waals surface area contributed by atoms with E-state index in [4.69, 9.17) is 5.73 Å². The van der Waals surface area contributed by atoms with Crippen molar-refractivity contribution in [3.05, 3.63) is 64.5 Å². The Balaban J connectivity index is 2.50. The predicted molar refractivity (Wildman–Crippen MR) is 66.1 cm³/mol. The third-order valence-corrected chi connectivity index (χ3v) is 2.98. The molecule has 0 radical (unpaired) electrons. The lowest BCUT2D eigenvalue weighted by atomic mass is 9.99. The minimum Gasteiger partial charge on any atom is -0.319 e. The maximum atomic E-state index is 13.8. The second-order valence-electron chi connectivity index (χ2n) is 4.28. The fraction of sp³-hybridized carbons (Fsp3) is 0.214. The summed E-state index contributed by atoms with van der Waals surface area (Å²) >= 11 is 0. The Morgan fingerprint density at radius 2 is 1.78 bits per heavy atom. The largest absolute Gasteiger partial charge is 0.319 e. The number of benzene rings is 1. The Hall–Kier alpha value is -1.81. The quantitative estimate of drug-likeness (QED) is 0.887. The average Bonchev–Trinajstić information content (AvgIpc) is 2.36. The van der Waals surface area contributed by atoms with Gasteiger partial charge in [0.25, 0.3) is 0 Å². The molecule has 2 nitrogen and oxygen atoms in total. The van der Waals surface area contributed by atoms with E-state index in [1.807, 2.05) is 13.0 Å². The molecule has 2 aromatic rings. The third-order valence-electron chi connectivity index (χ3n) is 2.98. The van der Waals surface area contributed by atoms with Gasteiger partial charge in [0.05, 0.1) is 11.7 Å². The lowest BCUT2D eigenvalue weighted by Gasteiger charge is -2.15. The third kappa shape index (κ3) is 2.11. The molecule has 0 fully saturated rings. The molecule has 0 amide bonds. The van der Waals surface area contributed by atoms with Crippen LogP contribution in [0.25, 0.3) is 0 Å². The van der Waals surface area contributed by atoms with Crippen LogP contribution >= 0.6 is 0 Å². The normalized spacial score (nSPS) is 12.5. The highest BCUT2D eigenvalue weighted by Gasteiger charge is 2.19. The van der Waals surface area contributed by atoms with Gasteiger partial charge >= 0.3 is 0 Å². The molecule has 18 heavy (non-hydrogen) atoms. The maximum Gasteiger partial charge on any atom is 0.164 e. The minimum atomic E-state index is -0.896. The molecule has 1 heterocycles. The number of rotatable bonds is 2. The molecule has 0 bridgehead atoms. The molecule has 94 valence electrons. The predicted octanol–water partition coefficient (Wildman–Crippen LogP) is 3.02. The molecule has 1 aromatic carbocycles. The van der Waals surface area contributed by atoms with E-state index in [0.29, 0.717) is 5.69 Å². The first-order valence-corrected chi connectivity index (χ1v) is 5.64. The van der Waals surface area contributed by atoms with Gasteiger partial charge in [0.15, 0.2) is 11.6 Å². The highest BCUT2D eigenvalue weighted by Crippen LogP contribution is 2.25. The monoisotopic (exact) mass is 248 g/mol. The van der Waals surface area contributed by atoms with Crippen LogP contribution in [-0.4, -0.2) is 4.98 Å². The number of hydrogen-bond acceptors (Lipinski definition) is 2. The van der Waals surface area contributed by atoms with Crippen molar-refractivity contribution in [3.8, 4) is 0 Å². The Morgan fingerprint density at radius 1 is 1.06 bits per heavy atom. The van der Waals surface area contributed by atoms with E-state index in [0.717, 1.165) is 5.56 Å². The maximum absolute atomic E-state index is 13.8. The lowest BCUT2D eigenvalue weighted by Crippen LogP contribution is -2.17. The van der Waals surface area contributed by atoms with Gasteiger partial charge in [0, 0.05) is 11.8 Å². The fourth-order valence-corrected chi connectivity index (χ4v) is 1.87. The molecule has 0 saturated heterocycles. The van der Waals surface area contributed by atoms with Crippen LogP contribution in [0.1, 0.15) is 28.4 Å². The van der Waals surface area contributed by atoms with Gasteiger partial charge in [0.1, 0.15) is 0 Å². The van der Waals surface area contributed by atoms with Gasteiger partial charge < -0.3 is 5.73 Å². The molecule has 2 N–H and O–H groups in total. The van der Waals surface area contributed by atoms with Gasteiger partial charge in [-0.15, -0.1) is 0 Å².